The molecule has 4 rings (SSSR count). The van der Waals surface area contributed by atoms with Gasteiger partial charge in [0.05, 0.1) is 6.26 Å². The first-order chi connectivity index (χ1) is 13.4. The van der Waals surface area contributed by atoms with E-state index in [1.807, 2.05) is 60.7 Å². The molecular formula is C22H18ClNO3S. The van der Waals surface area contributed by atoms with Crippen LogP contribution in [0.1, 0.15) is 22.3 Å². The molecule has 0 aromatic heterocycles. The Morgan fingerprint density at radius 3 is 2.64 bits per heavy atom. The topological polar surface area (TPSA) is 55.4 Å². The molecule has 3 aromatic rings. The van der Waals surface area contributed by atoms with Gasteiger partial charge in [0.2, 0.25) is 10.0 Å². The Morgan fingerprint density at radius 1 is 1.00 bits per heavy atom. The molecule has 3 aromatic carbocycles. The van der Waals surface area contributed by atoms with Crippen molar-refractivity contribution in [3.8, 4) is 5.75 Å². The molecule has 0 saturated heterocycles. The van der Waals surface area contributed by atoms with Gasteiger partial charge in [-0.3, -0.25) is 4.72 Å². The second-order valence-corrected chi connectivity index (χ2v) is 8.83. The van der Waals surface area contributed by atoms with Crippen molar-refractivity contribution < 1.29 is 13.2 Å². The van der Waals surface area contributed by atoms with E-state index < -0.39 is 10.0 Å². The van der Waals surface area contributed by atoms with Gasteiger partial charge in [-0.2, -0.15) is 0 Å². The Labute approximate surface area is 169 Å². The van der Waals surface area contributed by atoms with Crippen molar-refractivity contribution in [3.63, 3.8) is 0 Å². The number of anilines is 1. The maximum absolute atomic E-state index is 11.6. The van der Waals surface area contributed by atoms with Gasteiger partial charge in [-0.25, -0.2) is 8.42 Å². The highest BCUT2D eigenvalue weighted by Crippen LogP contribution is 2.38. The first-order valence-electron chi connectivity index (χ1n) is 8.70. The van der Waals surface area contributed by atoms with E-state index >= 15 is 0 Å². The highest BCUT2D eigenvalue weighted by molar-refractivity contribution is 7.92. The van der Waals surface area contributed by atoms with Crippen LogP contribution in [0.3, 0.4) is 0 Å². The Balaban J connectivity index is 1.89. The number of hydrogen-bond donors (Lipinski definition) is 1. The molecule has 142 valence electrons. The van der Waals surface area contributed by atoms with Crippen LogP contribution in [-0.4, -0.2) is 14.7 Å². The van der Waals surface area contributed by atoms with Gasteiger partial charge in [0, 0.05) is 16.3 Å². The van der Waals surface area contributed by atoms with Crippen molar-refractivity contribution in [2.45, 2.75) is 6.61 Å². The predicted octanol–water partition coefficient (Wildman–Crippen LogP) is 5.19. The lowest BCUT2D eigenvalue weighted by Gasteiger charge is -2.12. The third-order valence-corrected chi connectivity index (χ3v) is 5.26. The van der Waals surface area contributed by atoms with Crippen LogP contribution in [0, 0.1) is 0 Å². The standard InChI is InChI=1S/C22H18ClNO3S/c1-28(25,26)24-18-6-4-5-15(11-18)12-21-19-7-2-3-8-22(19)27-14-16-9-10-17(23)13-20(16)21/h2-13,24H,14H2,1H3/b21-12+. The Bertz CT molecular complexity index is 1190. The van der Waals surface area contributed by atoms with Crippen molar-refractivity contribution in [3.05, 3.63) is 94.0 Å². The second-order valence-electron chi connectivity index (χ2n) is 6.64. The number of halogens is 1. The predicted molar refractivity (Wildman–Crippen MR) is 114 cm³/mol. The van der Waals surface area contributed by atoms with E-state index in [1.165, 1.54) is 0 Å². The Hall–Kier alpha value is -2.76. The largest absolute Gasteiger partial charge is 0.488 e. The summed E-state index contributed by atoms with van der Waals surface area (Å²) in [6.45, 7) is 0.455. The SMILES string of the molecule is CS(=O)(=O)Nc1cccc(/C=C2/c3cc(Cl)ccc3COc3ccccc32)c1. The van der Waals surface area contributed by atoms with E-state index in [0.717, 1.165) is 39.8 Å². The number of nitrogens with one attached hydrogen (secondary N) is 1. The van der Waals surface area contributed by atoms with E-state index in [2.05, 4.69) is 4.72 Å². The van der Waals surface area contributed by atoms with E-state index in [9.17, 15) is 8.42 Å². The summed E-state index contributed by atoms with van der Waals surface area (Å²) in [5.41, 5.74) is 5.36. The minimum absolute atomic E-state index is 0.455. The zero-order valence-electron chi connectivity index (χ0n) is 15.1. The minimum Gasteiger partial charge on any atom is -0.488 e. The molecule has 0 amide bonds. The normalized spacial score (nSPS) is 14.6. The lowest BCUT2D eigenvalue weighted by Crippen LogP contribution is -2.09. The summed E-state index contributed by atoms with van der Waals surface area (Å²) in [5.74, 6) is 0.798. The highest BCUT2D eigenvalue weighted by Gasteiger charge is 2.19. The number of rotatable bonds is 3. The first kappa shape index (κ1) is 18.6. The molecule has 0 bridgehead atoms. The summed E-state index contributed by atoms with van der Waals surface area (Å²) in [6.07, 6.45) is 3.16. The van der Waals surface area contributed by atoms with Gasteiger partial charge in [0.1, 0.15) is 12.4 Å². The summed E-state index contributed by atoms with van der Waals surface area (Å²) >= 11 is 6.28. The summed E-state index contributed by atoms with van der Waals surface area (Å²) < 4.78 is 31.6. The number of ether oxygens (including phenoxy) is 1. The van der Waals surface area contributed by atoms with Crippen LogP contribution in [0.2, 0.25) is 5.02 Å². The third-order valence-electron chi connectivity index (χ3n) is 4.42. The fourth-order valence-corrected chi connectivity index (χ4v) is 4.00. The van der Waals surface area contributed by atoms with Crippen LogP contribution >= 0.6 is 11.6 Å². The van der Waals surface area contributed by atoms with E-state index in [1.54, 1.807) is 12.1 Å². The Morgan fingerprint density at radius 2 is 1.82 bits per heavy atom. The van der Waals surface area contributed by atoms with Crippen molar-refractivity contribution in [2.75, 3.05) is 11.0 Å². The molecule has 6 heteroatoms. The van der Waals surface area contributed by atoms with Crippen molar-refractivity contribution in [2.24, 2.45) is 0 Å². The lowest BCUT2D eigenvalue weighted by molar-refractivity contribution is 0.307. The number of para-hydroxylation sites is 1. The molecule has 0 radical (unpaired) electrons. The fourth-order valence-electron chi connectivity index (χ4n) is 3.27. The highest BCUT2D eigenvalue weighted by atomic mass is 35.5. The zero-order valence-corrected chi connectivity index (χ0v) is 16.7. The maximum Gasteiger partial charge on any atom is 0.229 e. The molecule has 0 atom stereocenters. The Kier molecular flexibility index (Phi) is 4.87. The van der Waals surface area contributed by atoms with Gasteiger partial charge in [0.15, 0.2) is 0 Å². The van der Waals surface area contributed by atoms with Gasteiger partial charge in [-0.1, -0.05) is 48.0 Å². The summed E-state index contributed by atoms with van der Waals surface area (Å²) in [5, 5.41) is 0.650. The average Bonchev–Trinajstić information content (AvgIpc) is 2.78. The van der Waals surface area contributed by atoms with Crippen molar-refractivity contribution in [1.82, 2.24) is 0 Å². The molecular weight excluding hydrogens is 394 g/mol. The van der Waals surface area contributed by atoms with Crippen molar-refractivity contribution >= 4 is 39.0 Å². The van der Waals surface area contributed by atoms with Crippen LogP contribution in [0.15, 0.2) is 66.7 Å². The van der Waals surface area contributed by atoms with Gasteiger partial charge in [-0.05, 0) is 58.7 Å². The number of fused-ring (bicyclic) bond motifs is 2. The van der Waals surface area contributed by atoms with Gasteiger partial charge in [-0.15, -0.1) is 0 Å². The molecule has 0 saturated carbocycles. The second kappa shape index (κ2) is 7.34. The quantitative estimate of drug-likeness (QED) is 0.645. The van der Waals surface area contributed by atoms with Crippen LogP contribution in [0.25, 0.3) is 11.6 Å². The maximum atomic E-state index is 11.6. The number of benzene rings is 3. The summed E-state index contributed by atoms with van der Waals surface area (Å²) in [4.78, 5) is 0. The summed E-state index contributed by atoms with van der Waals surface area (Å²) in [7, 11) is -3.34. The van der Waals surface area contributed by atoms with E-state index in [4.69, 9.17) is 16.3 Å². The van der Waals surface area contributed by atoms with Crippen LogP contribution < -0.4 is 9.46 Å². The third kappa shape index (κ3) is 4.06. The molecule has 1 heterocycles. The molecule has 28 heavy (non-hydrogen) atoms. The molecule has 0 aliphatic carbocycles. The molecule has 1 N–H and O–H groups in total. The fraction of sp³-hybridized carbons (Fsp3) is 0.0909. The van der Waals surface area contributed by atoms with Gasteiger partial charge < -0.3 is 4.74 Å². The van der Waals surface area contributed by atoms with E-state index in [-0.39, 0.29) is 0 Å². The molecule has 4 nitrogen and oxygen atoms in total. The monoisotopic (exact) mass is 411 g/mol. The van der Waals surface area contributed by atoms with Crippen molar-refractivity contribution in [1.29, 1.82) is 0 Å². The molecule has 0 fully saturated rings. The van der Waals surface area contributed by atoms with Crippen LogP contribution in [0.5, 0.6) is 5.75 Å². The molecule has 0 spiro atoms. The van der Waals surface area contributed by atoms with Gasteiger partial charge in [0.25, 0.3) is 0 Å². The molecule has 0 unspecified atom stereocenters. The average molecular weight is 412 g/mol. The lowest BCUT2D eigenvalue weighted by atomic mass is 9.92. The minimum atomic E-state index is -3.34. The number of sulfonamides is 1. The first-order valence-corrected chi connectivity index (χ1v) is 11.0. The molecule has 1 aliphatic heterocycles. The molecule has 1 aliphatic rings. The van der Waals surface area contributed by atoms with Crippen LogP contribution in [-0.2, 0) is 16.6 Å². The zero-order chi connectivity index (χ0) is 19.7. The van der Waals surface area contributed by atoms with Crippen LogP contribution in [0.4, 0.5) is 5.69 Å². The van der Waals surface area contributed by atoms with Gasteiger partial charge >= 0.3 is 0 Å². The number of hydrogen-bond acceptors (Lipinski definition) is 3. The summed E-state index contributed by atoms with van der Waals surface area (Å²) in [6, 6.07) is 20.9. The smallest absolute Gasteiger partial charge is 0.229 e. The van der Waals surface area contributed by atoms with E-state index in [0.29, 0.717) is 17.3 Å².